The first-order valence-electron chi connectivity index (χ1n) is 7.89. The second-order valence-corrected chi connectivity index (χ2v) is 6.65. The van der Waals surface area contributed by atoms with Crippen LogP contribution in [0.15, 0.2) is 24.3 Å². The average Bonchev–Trinajstić information content (AvgIpc) is 2.40. The molecule has 0 heterocycles. The Bertz CT molecular complexity index is 371. The molecule has 0 aliphatic heterocycles. The van der Waals surface area contributed by atoms with Crippen molar-refractivity contribution in [2.45, 2.75) is 65.5 Å². The lowest BCUT2D eigenvalue weighted by molar-refractivity contribution is 0.231. The van der Waals surface area contributed by atoms with E-state index in [2.05, 4.69) is 57.3 Å². The van der Waals surface area contributed by atoms with Crippen LogP contribution in [0.25, 0.3) is 0 Å². The molecule has 1 fully saturated rings. The minimum absolute atomic E-state index is 0.473. The van der Waals surface area contributed by atoms with Crippen LogP contribution < -0.4 is 5.32 Å². The molecule has 0 aromatic heterocycles. The molecule has 106 valence electrons. The highest BCUT2D eigenvalue weighted by atomic mass is 14.9. The topological polar surface area (TPSA) is 12.0 Å². The molecule has 1 N–H and O–H groups in total. The Morgan fingerprint density at radius 3 is 2.05 bits per heavy atom. The van der Waals surface area contributed by atoms with E-state index in [0.717, 1.165) is 11.8 Å². The summed E-state index contributed by atoms with van der Waals surface area (Å²) < 4.78 is 0. The molecule has 19 heavy (non-hydrogen) atoms. The Morgan fingerprint density at radius 2 is 1.53 bits per heavy atom. The molecule has 0 amide bonds. The van der Waals surface area contributed by atoms with Gasteiger partial charge in [0.05, 0.1) is 0 Å². The predicted molar refractivity (Wildman–Crippen MR) is 83.3 cm³/mol. The molecule has 1 saturated carbocycles. The molecule has 0 saturated heterocycles. The number of hydrogen-bond acceptors (Lipinski definition) is 1. The van der Waals surface area contributed by atoms with E-state index in [9.17, 15) is 0 Å². The summed E-state index contributed by atoms with van der Waals surface area (Å²) in [5.74, 6) is 1.81. The van der Waals surface area contributed by atoms with Crippen LogP contribution in [0.3, 0.4) is 0 Å². The van der Waals surface area contributed by atoms with Gasteiger partial charge in [-0.05, 0) is 56.9 Å². The maximum absolute atomic E-state index is 3.81. The zero-order chi connectivity index (χ0) is 13.8. The molecular weight excluding hydrogens is 230 g/mol. The van der Waals surface area contributed by atoms with Gasteiger partial charge in [0.2, 0.25) is 0 Å². The molecule has 1 aromatic carbocycles. The molecule has 1 heteroatoms. The van der Waals surface area contributed by atoms with Crippen molar-refractivity contribution in [3.05, 3.63) is 35.4 Å². The summed E-state index contributed by atoms with van der Waals surface area (Å²) in [4.78, 5) is 0. The van der Waals surface area contributed by atoms with Crippen molar-refractivity contribution >= 4 is 0 Å². The zero-order valence-electron chi connectivity index (χ0n) is 12.9. The second kappa shape index (κ2) is 6.56. The summed E-state index contributed by atoms with van der Waals surface area (Å²) >= 11 is 0. The molecule has 1 aliphatic carbocycles. The number of nitrogens with one attached hydrogen (secondary N) is 1. The van der Waals surface area contributed by atoms with E-state index in [-0.39, 0.29) is 0 Å². The van der Waals surface area contributed by atoms with Crippen molar-refractivity contribution in [2.75, 3.05) is 0 Å². The number of benzene rings is 1. The highest BCUT2D eigenvalue weighted by molar-refractivity contribution is 5.23. The van der Waals surface area contributed by atoms with Crippen LogP contribution in [0.2, 0.25) is 0 Å². The summed E-state index contributed by atoms with van der Waals surface area (Å²) in [6, 6.07) is 10.1. The fraction of sp³-hybridized carbons (Fsp3) is 0.667. The predicted octanol–water partition coefficient (Wildman–Crippen LogP) is 4.86. The minimum atomic E-state index is 0.473. The van der Waals surface area contributed by atoms with Crippen LogP contribution in [0.4, 0.5) is 0 Å². The third-order valence-electron chi connectivity index (χ3n) is 4.78. The lowest BCUT2D eigenvalue weighted by Crippen LogP contribution is -2.35. The first kappa shape index (κ1) is 14.6. The molecule has 1 aliphatic rings. The third-order valence-corrected chi connectivity index (χ3v) is 4.78. The van der Waals surface area contributed by atoms with Crippen molar-refractivity contribution in [1.82, 2.24) is 5.32 Å². The van der Waals surface area contributed by atoms with Crippen LogP contribution in [0.5, 0.6) is 0 Å². The minimum Gasteiger partial charge on any atom is -0.307 e. The van der Waals surface area contributed by atoms with Gasteiger partial charge in [-0.2, -0.15) is 0 Å². The molecule has 1 atom stereocenters. The highest BCUT2D eigenvalue weighted by Crippen LogP contribution is 2.30. The van der Waals surface area contributed by atoms with E-state index in [1.807, 2.05) is 0 Å². The smallest absolute Gasteiger partial charge is 0.0294 e. The quantitative estimate of drug-likeness (QED) is 0.814. The van der Waals surface area contributed by atoms with Gasteiger partial charge in [-0.15, -0.1) is 0 Å². The molecule has 2 rings (SSSR count). The van der Waals surface area contributed by atoms with E-state index in [0.29, 0.717) is 12.1 Å². The van der Waals surface area contributed by atoms with Crippen molar-refractivity contribution < 1.29 is 0 Å². The molecule has 1 nitrogen and oxygen atoms in total. The van der Waals surface area contributed by atoms with Gasteiger partial charge < -0.3 is 5.32 Å². The average molecular weight is 259 g/mol. The lowest BCUT2D eigenvalue weighted by atomic mass is 9.79. The fourth-order valence-electron chi connectivity index (χ4n) is 3.26. The molecule has 0 radical (unpaired) electrons. The number of hydrogen-bond donors (Lipinski definition) is 1. The Labute approximate surface area is 118 Å². The Morgan fingerprint density at radius 1 is 0.947 bits per heavy atom. The van der Waals surface area contributed by atoms with E-state index < -0.39 is 0 Å². The largest absolute Gasteiger partial charge is 0.307 e. The van der Waals surface area contributed by atoms with Gasteiger partial charge in [0.15, 0.2) is 0 Å². The molecule has 1 aromatic rings. The summed E-state index contributed by atoms with van der Waals surface area (Å²) in [7, 11) is 0. The summed E-state index contributed by atoms with van der Waals surface area (Å²) in [6.07, 6.45) is 5.49. The number of rotatable bonds is 4. The summed E-state index contributed by atoms with van der Waals surface area (Å²) in [5, 5.41) is 3.81. The van der Waals surface area contributed by atoms with Gasteiger partial charge in [-0.1, -0.05) is 43.7 Å². The van der Waals surface area contributed by atoms with Gasteiger partial charge in [0, 0.05) is 12.1 Å². The van der Waals surface area contributed by atoms with Crippen LogP contribution in [-0.4, -0.2) is 6.04 Å². The Kier molecular flexibility index (Phi) is 5.04. The van der Waals surface area contributed by atoms with Gasteiger partial charge >= 0.3 is 0 Å². The third kappa shape index (κ3) is 4.07. The van der Waals surface area contributed by atoms with Crippen LogP contribution in [0.1, 0.15) is 63.6 Å². The lowest BCUT2D eigenvalue weighted by Gasteiger charge is -2.33. The molecular formula is C18H29N. The summed E-state index contributed by atoms with van der Waals surface area (Å²) in [6.45, 7) is 9.18. The maximum Gasteiger partial charge on any atom is 0.0294 e. The maximum atomic E-state index is 3.81. The van der Waals surface area contributed by atoms with Crippen LogP contribution >= 0.6 is 0 Å². The monoisotopic (exact) mass is 259 g/mol. The zero-order valence-corrected chi connectivity index (χ0v) is 12.9. The first-order chi connectivity index (χ1) is 9.06. The standard InChI is InChI=1S/C18H29N/c1-13(2)16-9-11-18(12-10-16)19-15(4)17-7-5-14(3)6-8-17/h5-8,13,15-16,18-19H,9-12H2,1-4H3/t15-,16?,18?/m0/s1. The molecule has 0 spiro atoms. The number of aryl methyl sites for hydroxylation is 1. The van der Waals surface area contributed by atoms with Crippen LogP contribution in [-0.2, 0) is 0 Å². The van der Waals surface area contributed by atoms with Crippen molar-refractivity contribution in [3.8, 4) is 0 Å². The van der Waals surface area contributed by atoms with Gasteiger partial charge in [0.1, 0.15) is 0 Å². The van der Waals surface area contributed by atoms with Gasteiger partial charge in [0.25, 0.3) is 0 Å². The Balaban J connectivity index is 1.83. The first-order valence-corrected chi connectivity index (χ1v) is 7.89. The van der Waals surface area contributed by atoms with Crippen molar-refractivity contribution in [1.29, 1.82) is 0 Å². The van der Waals surface area contributed by atoms with Crippen molar-refractivity contribution in [2.24, 2.45) is 11.8 Å². The van der Waals surface area contributed by atoms with Gasteiger partial charge in [-0.3, -0.25) is 0 Å². The normalized spacial score (nSPS) is 25.5. The molecule has 0 unspecified atom stereocenters. The molecule has 0 bridgehead atoms. The van der Waals surface area contributed by atoms with Gasteiger partial charge in [-0.25, -0.2) is 0 Å². The summed E-state index contributed by atoms with van der Waals surface area (Å²) in [5.41, 5.74) is 2.75. The Hall–Kier alpha value is -0.820. The SMILES string of the molecule is Cc1ccc([C@H](C)NC2CCC(C(C)C)CC2)cc1. The highest BCUT2D eigenvalue weighted by Gasteiger charge is 2.24. The fourth-order valence-corrected chi connectivity index (χ4v) is 3.26. The van der Waals surface area contributed by atoms with Crippen LogP contribution in [0, 0.1) is 18.8 Å². The van der Waals surface area contributed by atoms with Crippen molar-refractivity contribution in [3.63, 3.8) is 0 Å². The van der Waals surface area contributed by atoms with E-state index >= 15 is 0 Å². The van der Waals surface area contributed by atoms with E-state index in [1.165, 1.54) is 36.8 Å². The van der Waals surface area contributed by atoms with E-state index in [1.54, 1.807) is 0 Å². The second-order valence-electron chi connectivity index (χ2n) is 6.65. The van der Waals surface area contributed by atoms with E-state index in [4.69, 9.17) is 0 Å².